The zero-order chi connectivity index (χ0) is 11.7. The Balaban J connectivity index is 1.89. The molecule has 1 N–H and O–H groups in total. The average molecular weight is 266 g/mol. The van der Waals surface area contributed by atoms with Crippen molar-refractivity contribution >= 4 is 30.3 Å². The highest BCUT2D eigenvalue weighted by molar-refractivity contribution is 8.01. The average Bonchev–Trinajstić information content (AvgIpc) is 2.78. The third kappa shape index (κ3) is 2.18. The third-order valence-electron chi connectivity index (χ3n) is 3.71. The molecule has 1 aromatic carbocycles. The lowest BCUT2D eigenvalue weighted by Gasteiger charge is -2.36. The highest BCUT2D eigenvalue weighted by Crippen LogP contribution is 2.45. The van der Waals surface area contributed by atoms with Gasteiger partial charge in [0, 0.05) is 10.9 Å². The number of nitrogens with zero attached hydrogens (tertiary/aromatic N) is 1. The number of nitrogens with one attached hydrogen (secondary N) is 1. The lowest BCUT2D eigenvalue weighted by molar-refractivity contribution is 0.409. The fraction of sp³-hybridized carbons (Fsp3) is 0.538. The standard InChI is InChI=1S/C13H18N2S2/c16-14-13-15(10-6-2-1-3-7-10)11-8-4-5-9-12(11)17-13/h4-5,8-10,13-14,16H,1-3,6-7H2. The molecular formula is C13H18N2S2. The first kappa shape index (κ1) is 11.8. The van der Waals surface area contributed by atoms with Crippen molar-refractivity contribution in [2.24, 2.45) is 0 Å². The number of hydrogen-bond donors (Lipinski definition) is 2. The van der Waals surface area contributed by atoms with Gasteiger partial charge in [0.25, 0.3) is 0 Å². The van der Waals surface area contributed by atoms with Crippen LogP contribution in [-0.4, -0.2) is 11.5 Å². The van der Waals surface area contributed by atoms with Crippen LogP contribution in [0.2, 0.25) is 0 Å². The molecule has 0 amide bonds. The largest absolute Gasteiger partial charge is 0.342 e. The van der Waals surface area contributed by atoms with E-state index in [1.807, 2.05) is 11.8 Å². The summed E-state index contributed by atoms with van der Waals surface area (Å²) in [6.07, 6.45) is 6.78. The lowest BCUT2D eigenvalue weighted by Crippen LogP contribution is -2.45. The third-order valence-corrected chi connectivity index (χ3v) is 5.30. The highest BCUT2D eigenvalue weighted by atomic mass is 32.2. The van der Waals surface area contributed by atoms with Crippen molar-refractivity contribution in [3.8, 4) is 0 Å². The van der Waals surface area contributed by atoms with E-state index >= 15 is 0 Å². The Morgan fingerprint density at radius 1 is 1.18 bits per heavy atom. The van der Waals surface area contributed by atoms with Gasteiger partial charge < -0.3 is 4.90 Å². The predicted molar refractivity (Wildman–Crippen MR) is 77.6 cm³/mol. The summed E-state index contributed by atoms with van der Waals surface area (Å²) < 4.78 is 3.14. The number of thioether (sulfide) groups is 1. The van der Waals surface area contributed by atoms with Crippen LogP contribution < -0.4 is 9.62 Å². The van der Waals surface area contributed by atoms with Crippen LogP contribution in [-0.2, 0) is 0 Å². The van der Waals surface area contributed by atoms with E-state index in [0.717, 1.165) is 0 Å². The van der Waals surface area contributed by atoms with Crippen molar-refractivity contribution in [3.05, 3.63) is 24.3 Å². The van der Waals surface area contributed by atoms with Crippen LogP contribution in [0.15, 0.2) is 29.2 Å². The molecule has 1 unspecified atom stereocenters. The van der Waals surface area contributed by atoms with Gasteiger partial charge in [0.1, 0.15) is 5.50 Å². The molecule has 0 bridgehead atoms. The van der Waals surface area contributed by atoms with Gasteiger partial charge in [-0.1, -0.05) is 56.0 Å². The van der Waals surface area contributed by atoms with Crippen molar-refractivity contribution in [1.29, 1.82) is 0 Å². The van der Waals surface area contributed by atoms with Gasteiger partial charge in [-0.15, -0.1) is 0 Å². The van der Waals surface area contributed by atoms with Gasteiger partial charge in [-0.25, -0.2) is 4.72 Å². The zero-order valence-corrected chi connectivity index (χ0v) is 11.5. The van der Waals surface area contributed by atoms with Crippen LogP contribution in [0.25, 0.3) is 0 Å². The minimum absolute atomic E-state index is 0.291. The Hall–Kier alpha value is -0.320. The molecule has 92 valence electrons. The van der Waals surface area contributed by atoms with Gasteiger partial charge in [-0.2, -0.15) is 0 Å². The second-order valence-corrected chi connectivity index (χ2v) is 6.15. The Bertz CT molecular complexity index is 391. The number of para-hydroxylation sites is 1. The van der Waals surface area contributed by atoms with Crippen LogP contribution in [0, 0.1) is 0 Å². The first-order valence-corrected chi connectivity index (χ1v) is 7.66. The van der Waals surface area contributed by atoms with Crippen LogP contribution >= 0.6 is 24.6 Å². The first-order valence-electron chi connectivity index (χ1n) is 6.34. The zero-order valence-electron chi connectivity index (χ0n) is 9.80. The molecule has 2 aliphatic rings. The van der Waals surface area contributed by atoms with Crippen LogP contribution in [0.4, 0.5) is 5.69 Å². The minimum Gasteiger partial charge on any atom is -0.342 e. The summed E-state index contributed by atoms with van der Waals surface area (Å²) >= 11 is 6.16. The van der Waals surface area contributed by atoms with Gasteiger partial charge in [0.05, 0.1) is 5.69 Å². The van der Waals surface area contributed by atoms with E-state index in [1.54, 1.807) is 0 Å². The SMILES string of the molecule is SNC1Sc2ccccc2N1C1CCCCC1. The number of thiol groups is 1. The second-order valence-electron chi connectivity index (χ2n) is 4.77. The summed E-state index contributed by atoms with van der Waals surface area (Å²) in [4.78, 5) is 3.91. The first-order chi connectivity index (χ1) is 8.40. The molecule has 1 fully saturated rings. The highest BCUT2D eigenvalue weighted by Gasteiger charge is 2.34. The van der Waals surface area contributed by atoms with Crippen LogP contribution in [0.5, 0.6) is 0 Å². The number of anilines is 1. The number of benzene rings is 1. The quantitative estimate of drug-likeness (QED) is 0.795. The molecule has 4 heteroatoms. The van der Waals surface area contributed by atoms with Gasteiger partial charge >= 0.3 is 0 Å². The summed E-state index contributed by atoms with van der Waals surface area (Å²) in [5.74, 6) is 0. The summed E-state index contributed by atoms with van der Waals surface area (Å²) in [6, 6.07) is 9.38. The molecule has 0 aromatic heterocycles. The minimum atomic E-state index is 0.291. The molecular weight excluding hydrogens is 248 g/mol. The van der Waals surface area contributed by atoms with E-state index < -0.39 is 0 Å². The van der Waals surface area contributed by atoms with Crippen molar-refractivity contribution in [2.45, 2.75) is 48.5 Å². The second kappa shape index (κ2) is 5.12. The number of hydrogen-bond acceptors (Lipinski definition) is 4. The molecule has 0 radical (unpaired) electrons. The molecule has 1 saturated carbocycles. The summed E-state index contributed by atoms with van der Waals surface area (Å²) in [5.41, 5.74) is 1.68. The Kier molecular flexibility index (Phi) is 3.54. The van der Waals surface area contributed by atoms with E-state index in [-0.39, 0.29) is 0 Å². The van der Waals surface area contributed by atoms with Crippen molar-refractivity contribution in [1.82, 2.24) is 4.72 Å². The molecule has 3 rings (SSSR count). The lowest BCUT2D eigenvalue weighted by atomic mass is 9.94. The molecule has 1 aliphatic carbocycles. The van der Waals surface area contributed by atoms with E-state index in [9.17, 15) is 0 Å². The van der Waals surface area contributed by atoms with Gasteiger partial charge in [0.15, 0.2) is 0 Å². The molecule has 1 heterocycles. The fourth-order valence-corrected chi connectivity index (χ4v) is 4.34. The molecule has 0 spiro atoms. The van der Waals surface area contributed by atoms with Crippen LogP contribution in [0.1, 0.15) is 32.1 Å². The van der Waals surface area contributed by atoms with E-state index in [0.29, 0.717) is 11.5 Å². The summed E-state index contributed by atoms with van der Waals surface area (Å²) in [7, 11) is 0. The molecule has 2 nitrogen and oxygen atoms in total. The number of fused-ring (bicyclic) bond motifs is 1. The predicted octanol–water partition coefficient (Wildman–Crippen LogP) is 3.65. The van der Waals surface area contributed by atoms with Crippen molar-refractivity contribution in [3.63, 3.8) is 0 Å². The Labute approximate surface area is 113 Å². The van der Waals surface area contributed by atoms with Crippen molar-refractivity contribution in [2.75, 3.05) is 4.90 Å². The maximum atomic E-state index is 4.29. The maximum Gasteiger partial charge on any atom is 0.141 e. The van der Waals surface area contributed by atoms with Crippen LogP contribution in [0.3, 0.4) is 0 Å². The monoisotopic (exact) mass is 266 g/mol. The topological polar surface area (TPSA) is 15.3 Å². The molecule has 17 heavy (non-hydrogen) atoms. The number of rotatable bonds is 2. The van der Waals surface area contributed by atoms with Crippen molar-refractivity contribution < 1.29 is 0 Å². The Morgan fingerprint density at radius 2 is 1.94 bits per heavy atom. The van der Waals surface area contributed by atoms with E-state index in [4.69, 9.17) is 0 Å². The maximum absolute atomic E-state index is 4.29. The van der Waals surface area contributed by atoms with E-state index in [1.165, 1.54) is 42.7 Å². The summed E-state index contributed by atoms with van der Waals surface area (Å²) in [6.45, 7) is 0. The van der Waals surface area contributed by atoms with Gasteiger partial charge in [-0.3, -0.25) is 0 Å². The molecule has 1 aromatic rings. The fourth-order valence-electron chi connectivity index (χ4n) is 2.91. The normalized spacial score (nSPS) is 25.0. The summed E-state index contributed by atoms with van der Waals surface area (Å²) in [5, 5.41) is 0. The van der Waals surface area contributed by atoms with Gasteiger partial charge in [-0.05, 0) is 25.0 Å². The molecule has 1 atom stereocenters. The molecule has 1 aliphatic heterocycles. The Morgan fingerprint density at radius 3 is 2.71 bits per heavy atom. The smallest absolute Gasteiger partial charge is 0.141 e. The van der Waals surface area contributed by atoms with E-state index in [2.05, 4.69) is 46.7 Å². The molecule has 0 saturated heterocycles. The van der Waals surface area contributed by atoms with Gasteiger partial charge in [0.2, 0.25) is 0 Å².